The Hall–Kier alpha value is -2.30. The van der Waals surface area contributed by atoms with Crippen molar-refractivity contribution in [2.75, 3.05) is 30.3 Å². The van der Waals surface area contributed by atoms with Crippen LogP contribution in [-0.2, 0) is 6.54 Å². The van der Waals surface area contributed by atoms with E-state index in [0.717, 1.165) is 45.3 Å². The number of hydrogen-bond donors (Lipinski definition) is 3. The number of nitrogens with zero attached hydrogens (tertiary/aromatic N) is 3. The fraction of sp³-hybridized carbons (Fsp3) is 0.545. The maximum Gasteiger partial charge on any atom is 0.573 e. The number of halogens is 4. The van der Waals surface area contributed by atoms with Crippen LogP contribution in [0.25, 0.3) is 0 Å². The average Bonchev–Trinajstić information content (AvgIpc) is 2.76. The lowest BCUT2D eigenvalue weighted by molar-refractivity contribution is -0.274. The fourth-order valence-corrected chi connectivity index (χ4v) is 4.52. The highest BCUT2D eigenvalue weighted by Gasteiger charge is 2.33. The number of likely N-dealkylation sites (tertiary alicyclic amines) is 1. The van der Waals surface area contributed by atoms with Crippen molar-refractivity contribution in [2.45, 2.75) is 50.7 Å². The van der Waals surface area contributed by atoms with Crippen molar-refractivity contribution in [2.24, 2.45) is 5.92 Å². The summed E-state index contributed by atoms with van der Waals surface area (Å²) in [6.45, 7) is 2.36. The van der Waals surface area contributed by atoms with E-state index in [2.05, 4.69) is 30.2 Å². The third kappa shape index (κ3) is 6.61. The van der Waals surface area contributed by atoms with E-state index in [-0.39, 0.29) is 24.3 Å². The molecule has 2 aliphatic rings. The molecule has 1 aromatic heterocycles. The second-order valence-electron chi connectivity index (χ2n) is 8.56. The number of alkyl halides is 3. The molecular weight excluding hydrogens is 459 g/mol. The van der Waals surface area contributed by atoms with Crippen LogP contribution in [0.1, 0.15) is 31.2 Å². The average molecular weight is 486 g/mol. The van der Waals surface area contributed by atoms with E-state index in [0.29, 0.717) is 28.4 Å². The van der Waals surface area contributed by atoms with Gasteiger partial charge in [0.05, 0.1) is 12.3 Å². The van der Waals surface area contributed by atoms with E-state index in [1.807, 2.05) is 0 Å². The quantitative estimate of drug-likeness (QED) is 0.514. The molecule has 1 saturated carbocycles. The predicted octanol–water partition coefficient (Wildman–Crippen LogP) is 4.29. The van der Waals surface area contributed by atoms with Gasteiger partial charge in [0.15, 0.2) is 0 Å². The molecule has 1 aliphatic carbocycles. The molecule has 2 heterocycles. The zero-order valence-corrected chi connectivity index (χ0v) is 18.7. The molecule has 33 heavy (non-hydrogen) atoms. The standard InChI is InChI=1S/C22H27ClF3N5O2/c23-18-11-29-21(28-10-15-3-1-2-4-19(15)33-22(24,25)26)30-20(18)27-9-14-5-7-16(8-6-14)31-12-17(32)13-31/h1-4,11,14,16-17,32H,5-10,12-13H2,(H2,27,28,29,30)/t14-,16-. The number of anilines is 2. The molecule has 2 aromatic rings. The Morgan fingerprint density at radius 2 is 1.85 bits per heavy atom. The van der Waals surface area contributed by atoms with Gasteiger partial charge in [-0.2, -0.15) is 4.98 Å². The van der Waals surface area contributed by atoms with Crippen LogP contribution in [-0.4, -0.2) is 58.1 Å². The Balaban J connectivity index is 1.29. The van der Waals surface area contributed by atoms with Gasteiger partial charge in [-0.05, 0) is 37.7 Å². The summed E-state index contributed by atoms with van der Waals surface area (Å²) in [4.78, 5) is 10.9. The van der Waals surface area contributed by atoms with E-state index in [1.54, 1.807) is 12.1 Å². The summed E-state index contributed by atoms with van der Waals surface area (Å²) in [6.07, 6.45) is 0.939. The summed E-state index contributed by atoms with van der Waals surface area (Å²) in [7, 11) is 0. The topological polar surface area (TPSA) is 82.5 Å². The number of para-hydroxylation sites is 1. The molecule has 1 saturated heterocycles. The van der Waals surface area contributed by atoms with Crippen molar-refractivity contribution in [1.82, 2.24) is 14.9 Å². The van der Waals surface area contributed by atoms with E-state index < -0.39 is 6.36 Å². The summed E-state index contributed by atoms with van der Waals surface area (Å²) >= 11 is 6.24. The van der Waals surface area contributed by atoms with Crippen LogP contribution in [0, 0.1) is 5.92 Å². The van der Waals surface area contributed by atoms with Gasteiger partial charge < -0.3 is 20.5 Å². The van der Waals surface area contributed by atoms with Crippen LogP contribution in [0.4, 0.5) is 24.9 Å². The van der Waals surface area contributed by atoms with Crippen molar-refractivity contribution in [3.8, 4) is 5.75 Å². The van der Waals surface area contributed by atoms with Gasteiger partial charge in [-0.1, -0.05) is 29.8 Å². The van der Waals surface area contributed by atoms with Gasteiger partial charge in [0, 0.05) is 37.8 Å². The molecule has 2 fully saturated rings. The first kappa shape index (κ1) is 23.8. The van der Waals surface area contributed by atoms with Crippen LogP contribution in [0.5, 0.6) is 5.75 Å². The number of rotatable bonds is 8. The molecule has 7 nitrogen and oxygen atoms in total. The van der Waals surface area contributed by atoms with E-state index >= 15 is 0 Å². The van der Waals surface area contributed by atoms with Crippen molar-refractivity contribution < 1.29 is 23.0 Å². The summed E-state index contributed by atoms with van der Waals surface area (Å²) in [5, 5.41) is 16.1. The minimum absolute atomic E-state index is 0.0581. The van der Waals surface area contributed by atoms with Gasteiger partial charge in [0.1, 0.15) is 16.6 Å². The molecule has 0 atom stereocenters. The molecule has 11 heteroatoms. The molecule has 180 valence electrons. The summed E-state index contributed by atoms with van der Waals surface area (Å²) in [5.41, 5.74) is 0.328. The van der Waals surface area contributed by atoms with Crippen LogP contribution in [0.3, 0.4) is 0 Å². The monoisotopic (exact) mass is 485 g/mol. The molecular formula is C22H27ClF3N5O2. The summed E-state index contributed by atoms with van der Waals surface area (Å²) in [5.74, 6) is 0.972. The van der Waals surface area contributed by atoms with Crippen LogP contribution < -0.4 is 15.4 Å². The third-order valence-electron chi connectivity index (χ3n) is 6.16. The van der Waals surface area contributed by atoms with Gasteiger partial charge >= 0.3 is 6.36 Å². The zero-order chi connectivity index (χ0) is 23.4. The first-order valence-corrected chi connectivity index (χ1v) is 11.4. The lowest BCUT2D eigenvalue weighted by Crippen LogP contribution is -2.56. The first-order valence-electron chi connectivity index (χ1n) is 11.0. The first-order chi connectivity index (χ1) is 15.8. The van der Waals surface area contributed by atoms with Crippen molar-refractivity contribution in [3.63, 3.8) is 0 Å². The lowest BCUT2D eigenvalue weighted by atomic mass is 9.84. The lowest BCUT2D eigenvalue weighted by Gasteiger charge is -2.44. The van der Waals surface area contributed by atoms with Gasteiger partial charge in [0.25, 0.3) is 0 Å². The number of ether oxygens (including phenoxy) is 1. The van der Waals surface area contributed by atoms with E-state index in [4.69, 9.17) is 11.6 Å². The number of aliphatic hydroxyl groups excluding tert-OH is 1. The predicted molar refractivity (Wildman–Crippen MR) is 119 cm³/mol. The SMILES string of the molecule is OC1CN([C@H]2CC[C@H](CNc3nc(NCc4ccccc4OC(F)(F)F)ncc3Cl)CC2)C1. The Morgan fingerprint density at radius 3 is 2.55 bits per heavy atom. The molecule has 0 bridgehead atoms. The number of β-amino-alcohol motifs (C(OH)–C–C–N with tert-alkyl or cyclic N) is 1. The highest BCUT2D eigenvalue weighted by Crippen LogP contribution is 2.31. The zero-order valence-electron chi connectivity index (χ0n) is 18.0. The Morgan fingerprint density at radius 1 is 1.12 bits per heavy atom. The Kier molecular flexibility index (Phi) is 7.45. The van der Waals surface area contributed by atoms with Crippen molar-refractivity contribution >= 4 is 23.4 Å². The molecule has 1 aliphatic heterocycles. The van der Waals surface area contributed by atoms with Crippen LogP contribution >= 0.6 is 11.6 Å². The second-order valence-corrected chi connectivity index (χ2v) is 8.97. The maximum absolute atomic E-state index is 12.6. The molecule has 0 radical (unpaired) electrons. The highest BCUT2D eigenvalue weighted by atomic mass is 35.5. The molecule has 0 spiro atoms. The molecule has 0 amide bonds. The molecule has 3 N–H and O–H groups in total. The minimum atomic E-state index is -4.76. The van der Waals surface area contributed by atoms with Crippen LogP contribution in [0.15, 0.2) is 30.5 Å². The summed E-state index contributed by atoms with van der Waals surface area (Å²) in [6, 6.07) is 6.48. The van der Waals surface area contributed by atoms with Gasteiger partial charge in [0.2, 0.25) is 5.95 Å². The van der Waals surface area contributed by atoms with Gasteiger partial charge in [-0.25, -0.2) is 4.98 Å². The second kappa shape index (κ2) is 10.3. The highest BCUT2D eigenvalue weighted by molar-refractivity contribution is 6.32. The third-order valence-corrected chi connectivity index (χ3v) is 6.44. The molecule has 1 aromatic carbocycles. The Labute approximate surface area is 195 Å². The smallest absolute Gasteiger partial charge is 0.405 e. The number of hydrogen-bond acceptors (Lipinski definition) is 7. The maximum atomic E-state index is 12.6. The number of aliphatic hydroxyl groups is 1. The van der Waals surface area contributed by atoms with Gasteiger partial charge in [-0.3, -0.25) is 4.90 Å². The molecule has 0 unspecified atom stereocenters. The number of nitrogens with one attached hydrogen (secondary N) is 2. The van der Waals surface area contributed by atoms with E-state index in [9.17, 15) is 18.3 Å². The summed E-state index contributed by atoms with van der Waals surface area (Å²) < 4.78 is 41.9. The van der Waals surface area contributed by atoms with Gasteiger partial charge in [-0.15, -0.1) is 13.2 Å². The number of aromatic nitrogens is 2. The van der Waals surface area contributed by atoms with Crippen molar-refractivity contribution in [1.29, 1.82) is 0 Å². The Bertz CT molecular complexity index is 934. The normalized spacial score (nSPS) is 22.0. The fourth-order valence-electron chi connectivity index (χ4n) is 4.37. The van der Waals surface area contributed by atoms with E-state index in [1.165, 1.54) is 18.3 Å². The largest absolute Gasteiger partial charge is 0.573 e. The molecule has 4 rings (SSSR count). The van der Waals surface area contributed by atoms with Crippen molar-refractivity contribution in [3.05, 3.63) is 41.0 Å². The number of benzene rings is 1. The van der Waals surface area contributed by atoms with Crippen LogP contribution in [0.2, 0.25) is 5.02 Å². The minimum Gasteiger partial charge on any atom is -0.405 e.